The number of hydrogen-bond acceptors (Lipinski definition) is 7. The van der Waals surface area contributed by atoms with Gasteiger partial charge in [-0.05, 0) is 4.92 Å². The first-order valence-corrected chi connectivity index (χ1v) is 5.21. The van der Waals surface area contributed by atoms with Gasteiger partial charge in [-0.2, -0.15) is 4.68 Å². The highest BCUT2D eigenvalue weighted by atomic mass is 35.5. The Hall–Kier alpha value is -1.74. The largest absolute Gasteiger partial charge is 0.408 e. The third kappa shape index (κ3) is 2.09. The van der Waals surface area contributed by atoms with Crippen molar-refractivity contribution in [1.29, 1.82) is 0 Å². The van der Waals surface area contributed by atoms with Gasteiger partial charge in [0.15, 0.2) is 5.02 Å². The molecule has 0 aliphatic rings. The lowest BCUT2D eigenvalue weighted by Crippen LogP contribution is -2.00. The fourth-order valence-electron chi connectivity index (χ4n) is 1.06. The van der Waals surface area contributed by atoms with Crippen LogP contribution in [0.15, 0.2) is 6.20 Å². The predicted molar refractivity (Wildman–Crippen MR) is 57.3 cm³/mol. The van der Waals surface area contributed by atoms with Gasteiger partial charge < -0.3 is 15.8 Å². The summed E-state index contributed by atoms with van der Waals surface area (Å²) in [6.45, 7) is 0.252. The van der Waals surface area contributed by atoms with Crippen molar-refractivity contribution in [1.82, 2.24) is 20.0 Å². The van der Waals surface area contributed by atoms with Gasteiger partial charge in [0.2, 0.25) is 5.13 Å². The number of rotatable bonds is 3. The van der Waals surface area contributed by atoms with Crippen molar-refractivity contribution in [3.63, 3.8) is 0 Å². The smallest absolute Gasteiger partial charge is 0.374 e. The second-order valence-electron chi connectivity index (χ2n) is 2.79. The molecule has 0 fully saturated rings. The topological polar surface area (TPSA) is 113 Å². The normalized spacial score (nSPS) is 10.6. The molecule has 0 atom stereocenters. The number of anilines is 1. The van der Waals surface area contributed by atoms with Crippen LogP contribution in [0.25, 0.3) is 0 Å². The molecule has 2 N–H and O–H groups in total. The third-order valence-electron chi connectivity index (χ3n) is 1.65. The van der Waals surface area contributed by atoms with Gasteiger partial charge in [0.1, 0.15) is 11.6 Å². The summed E-state index contributed by atoms with van der Waals surface area (Å²) in [7, 11) is 0. The molecule has 0 unspecified atom stereocenters. The second-order valence-corrected chi connectivity index (χ2v) is 4.29. The van der Waals surface area contributed by atoms with E-state index in [0.29, 0.717) is 10.1 Å². The maximum absolute atomic E-state index is 10.5. The molecule has 0 spiro atoms. The Morgan fingerprint density at radius 2 is 2.38 bits per heavy atom. The Bertz CT molecular complexity index is 537. The number of hydrogen-bond donors (Lipinski definition) is 1. The maximum Gasteiger partial charge on any atom is 0.408 e. The van der Waals surface area contributed by atoms with Gasteiger partial charge in [-0.15, -0.1) is 10.2 Å². The highest BCUT2D eigenvalue weighted by Crippen LogP contribution is 2.22. The molecule has 2 aromatic rings. The summed E-state index contributed by atoms with van der Waals surface area (Å²) in [6, 6.07) is 0. The van der Waals surface area contributed by atoms with E-state index < -0.39 is 4.92 Å². The number of nitrogens with zero attached hydrogens (tertiary/aromatic N) is 5. The van der Waals surface area contributed by atoms with Crippen LogP contribution < -0.4 is 5.73 Å². The van der Waals surface area contributed by atoms with Gasteiger partial charge >= 0.3 is 5.82 Å². The molecule has 84 valence electrons. The lowest BCUT2D eigenvalue weighted by molar-refractivity contribution is -0.389. The predicted octanol–water partition coefficient (Wildman–Crippen LogP) is 0.927. The van der Waals surface area contributed by atoms with E-state index in [4.69, 9.17) is 17.3 Å². The van der Waals surface area contributed by atoms with Crippen molar-refractivity contribution in [2.75, 3.05) is 5.73 Å². The number of aromatic nitrogens is 4. The average molecular weight is 261 g/mol. The molecular formula is C6H5ClN6O2S. The molecular weight excluding hydrogens is 256 g/mol. The Labute approximate surface area is 97.8 Å². The molecule has 2 aromatic heterocycles. The zero-order valence-corrected chi connectivity index (χ0v) is 9.27. The molecule has 2 heterocycles. The molecule has 16 heavy (non-hydrogen) atoms. The number of nitro groups is 1. The summed E-state index contributed by atoms with van der Waals surface area (Å²) in [6.07, 6.45) is 1.36. The van der Waals surface area contributed by atoms with E-state index in [2.05, 4.69) is 15.3 Å². The molecule has 0 saturated heterocycles. The highest BCUT2D eigenvalue weighted by molar-refractivity contribution is 7.15. The van der Waals surface area contributed by atoms with E-state index in [0.717, 1.165) is 0 Å². The number of halogens is 1. The van der Waals surface area contributed by atoms with Crippen molar-refractivity contribution >= 4 is 33.9 Å². The van der Waals surface area contributed by atoms with Gasteiger partial charge in [0.25, 0.3) is 0 Å². The van der Waals surface area contributed by atoms with Crippen LogP contribution in [0.2, 0.25) is 5.02 Å². The Balaban J connectivity index is 2.22. The summed E-state index contributed by atoms with van der Waals surface area (Å²) < 4.78 is 1.32. The Morgan fingerprint density at radius 1 is 1.62 bits per heavy atom. The van der Waals surface area contributed by atoms with Crippen molar-refractivity contribution in [3.05, 3.63) is 26.3 Å². The van der Waals surface area contributed by atoms with Gasteiger partial charge in [0, 0.05) is 0 Å². The maximum atomic E-state index is 10.5. The minimum Gasteiger partial charge on any atom is -0.374 e. The minimum atomic E-state index is -0.646. The van der Waals surface area contributed by atoms with Crippen LogP contribution in [0, 0.1) is 10.1 Å². The highest BCUT2D eigenvalue weighted by Gasteiger charge is 2.19. The van der Waals surface area contributed by atoms with E-state index in [1.54, 1.807) is 0 Å². The monoisotopic (exact) mass is 260 g/mol. The lowest BCUT2D eigenvalue weighted by Gasteiger charge is -1.89. The summed E-state index contributed by atoms with van der Waals surface area (Å²) in [5.74, 6) is -0.376. The lowest BCUT2D eigenvalue weighted by atomic mass is 10.6. The molecule has 0 aromatic carbocycles. The van der Waals surface area contributed by atoms with Crippen molar-refractivity contribution in [2.45, 2.75) is 6.54 Å². The van der Waals surface area contributed by atoms with Crippen LogP contribution in [-0.2, 0) is 6.54 Å². The van der Waals surface area contributed by atoms with Crippen LogP contribution in [0.5, 0.6) is 0 Å². The van der Waals surface area contributed by atoms with Crippen molar-refractivity contribution in [3.8, 4) is 0 Å². The molecule has 0 radical (unpaired) electrons. The van der Waals surface area contributed by atoms with Crippen LogP contribution in [0.1, 0.15) is 5.01 Å². The first-order valence-electron chi connectivity index (χ1n) is 4.01. The minimum absolute atomic E-state index is 0.0116. The molecule has 2 rings (SSSR count). The third-order valence-corrected chi connectivity index (χ3v) is 2.66. The van der Waals surface area contributed by atoms with Gasteiger partial charge in [-0.3, -0.25) is 0 Å². The second kappa shape index (κ2) is 4.02. The van der Waals surface area contributed by atoms with E-state index in [1.807, 2.05) is 0 Å². The fraction of sp³-hybridized carbons (Fsp3) is 0.167. The van der Waals surface area contributed by atoms with Crippen molar-refractivity contribution < 1.29 is 4.92 Å². The molecule has 10 heteroatoms. The van der Waals surface area contributed by atoms with Crippen molar-refractivity contribution in [2.24, 2.45) is 0 Å². The molecule has 0 amide bonds. The zero-order valence-electron chi connectivity index (χ0n) is 7.70. The van der Waals surface area contributed by atoms with E-state index in [1.165, 1.54) is 22.2 Å². The van der Waals surface area contributed by atoms with Crippen LogP contribution in [0.4, 0.5) is 10.9 Å². The van der Waals surface area contributed by atoms with E-state index in [9.17, 15) is 10.1 Å². The summed E-state index contributed by atoms with van der Waals surface area (Å²) in [5, 5.41) is 22.5. The number of nitrogen functional groups attached to an aromatic ring is 1. The standard InChI is InChI=1S/C6H5ClN6O2S/c7-3-1-12(11-5(3)13(14)15)2-4-9-10-6(8)16-4/h1H,2H2,(H2,8,10). The van der Waals surface area contributed by atoms with E-state index in [-0.39, 0.29) is 17.4 Å². The van der Waals surface area contributed by atoms with Gasteiger partial charge in [-0.1, -0.05) is 22.9 Å². The number of nitrogens with two attached hydrogens (primary N) is 1. The SMILES string of the molecule is Nc1nnc(Cn2cc(Cl)c([N+](=O)[O-])n2)s1. The first-order chi connectivity index (χ1) is 7.56. The quantitative estimate of drug-likeness (QED) is 0.649. The molecule has 8 nitrogen and oxygen atoms in total. The molecule has 0 bridgehead atoms. The van der Waals surface area contributed by atoms with Gasteiger partial charge in [0.05, 0.1) is 11.3 Å². The van der Waals surface area contributed by atoms with Crippen LogP contribution in [-0.4, -0.2) is 24.9 Å². The fourth-order valence-corrected chi connectivity index (χ4v) is 1.88. The molecule has 0 saturated carbocycles. The summed E-state index contributed by atoms with van der Waals surface area (Å²) in [5.41, 5.74) is 5.40. The Kier molecular flexibility index (Phi) is 2.71. The van der Waals surface area contributed by atoms with Gasteiger partial charge in [-0.25, -0.2) is 0 Å². The first kappa shape index (κ1) is 10.8. The Morgan fingerprint density at radius 3 is 2.88 bits per heavy atom. The summed E-state index contributed by atoms with van der Waals surface area (Å²) in [4.78, 5) is 9.85. The molecule has 0 aliphatic carbocycles. The molecule has 0 aliphatic heterocycles. The van der Waals surface area contributed by atoms with E-state index >= 15 is 0 Å². The summed E-state index contributed by atoms with van der Waals surface area (Å²) >= 11 is 6.82. The zero-order chi connectivity index (χ0) is 11.7. The van der Waals surface area contributed by atoms with Crippen LogP contribution in [0.3, 0.4) is 0 Å². The average Bonchev–Trinajstić information content (AvgIpc) is 2.73. The van der Waals surface area contributed by atoms with Crippen LogP contribution >= 0.6 is 22.9 Å².